The number of hydrogen-bond donors (Lipinski definition) is 2. The van der Waals surface area contributed by atoms with Gasteiger partial charge in [-0.15, -0.1) is 0 Å². The molecule has 0 bridgehead atoms. The van der Waals surface area contributed by atoms with Crippen LogP contribution in [-0.4, -0.2) is 30.3 Å². The summed E-state index contributed by atoms with van der Waals surface area (Å²) in [5.74, 6) is -0.920. The Morgan fingerprint density at radius 1 is 1.06 bits per heavy atom. The number of H-pyrrole nitrogens is 1. The van der Waals surface area contributed by atoms with Crippen molar-refractivity contribution in [1.82, 2.24) is 14.3 Å². The Morgan fingerprint density at radius 3 is 2.46 bits per heavy atom. The summed E-state index contributed by atoms with van der Waals surface area (Å²) < 4.78 is 63.1. The molecule has 2 N–H and O–H groups in total. The van der Waals surface area contributed by atoms with Crippen molar-refractivity contribution >= 4 is 10.0 Å². The van der Waals surface area contributed by atoms with Crippen LogP contribution in [0.5, 0.6) is 5.75 Å². The summed E-state index contributed by atoms with van der Waals surface area (Å²) in [7, 11) is -3.88. The van der Waals surface area contributed by atoms with E-state index in [0.29, 0.717) is 23.7 Å². The van der Waals surface area contributed by atoms with Gasteiger partial charge in [0.15, 0.2) is 11.6 Å². The van der Waals surface area contributed by atoms with Crippen LogP contribution < -0.4 is 20.7 Å². The molecule has 0 radical (unpaired) electrons. The maximum Gasteiger partial charge on any atom is 0.328 e. The highest BCUT2D eigenvalue weighted by molar-refractivity contribution is 7.89. The predicted molar refractivity (Wildman–Crippen MR) is 126 cm³/mol. The Kier molecular flexibility index (Phi) is 7.46. The zero-order valence-corrected chi connectivity index (χ0v) is 19.6. The maximum absolute atomic E-state index is 14.3. The third-order valence-electron chi connectivity index (χ3n) is 5.67. The molecule has 11 heteroatoms. The minimum atomic E-state index is -3.88. The largest absolute Gasteiger partial charge is 0.490 e. The van der Waals surface area contributed by atoms with E-state index in [1.165, 1.54) is 59.3 Å². The molecule has 1 unspecified atom stereocenters. The fourth-order valence-corrected chi connectivity index (χ4v) is 4.83. The second-order valence-corrected chi connectivity index (χ2v) is 10.4. The molecule has 0 aliphatic heterocycles. The SMILES string of the molecule is O=c1ccn(CCCS(=O)(=O)NC(c2ccc(F)cc2)c2ccc(F)c(OCC3CC3)c2)c(=O)[nH]1. The van der Waals surface area contributed by atoms with Gasteiger partial charge < -0.3 is 9.30 Å². The first-order valence-electron chi connectivity index (χ1n) is 11.2. The Hall–Kier alpha value is -3.31. The summed E-state index contributed by atoms with van der Waals surface area (Å²) >= 11 is 0. The number of ether oxygens (including phenoxy) is 1. The molecule has 0 saturated heterocycles. The molecule has 8 nitrogen and oxygen atoms in total. The molecule has 1 aromatic heterocycles. The number of nitrogens with one attached hydrogen (secondary N) is 2. The summed E-state index contributed by atoms with van der Waals surface area (Å²) in [6.07, 6.45) is 3.45. The molecule has 186 valence electrons. The van der Waals surface area contributed by atoms with Gasteiger partial charge >= 0.3 is 5.69 Å². The highest BCUT2D eigenvalue weighted by Gasteiger charge is 2.25. The molecular weight excluding hydrogens is 480 g/mol. The molecule has 1 aliphatic carbocycles. The second-order valence-electron chi connectivity index (χ2n) is 8.52. The quantitative estimate of drug-likeness (QED) is 0.416. The van der Waals surface area contributed by atoms with E-state index in [9.17, 15) is 26.8 Å². The van der Waals surface area contributed by atoms with Crippen LogP contribution in [0.15, 0.2) is 64.3 Å². The molecule has 3 aromatic rings. The zero-order chi connectivity index (χ0) is 25.0. The van der Waals surface area contributed by atoms with Crippen molar-refractivity contribution in [2.75, 3.05) is 12.4 Å². The molecular formula is C24H25F2N3O5S. The summed E-state index contributed by atoms with van der Waals surface area (Å²) in [5, 5.41) is 0. The van der Waals surface area contributed by atoms with E-state index in [-0.39, 0.29) is 24.5 Å². The molecule has 1 heterocycles. The van der Waals surface area contributed by atoms with Gasteiger partial charge in [-0.1, -0.05) is 18.2 Å². The monoisotopic (exact) mass is 505 g/mol. The number of halogens is 2. The van der Waals surface area contributed by atoms with E-state index in [2.05, 4.69) is 9.71 Å². The fraction of sp³-hybridized carbons (Fsp3) is 0.333. The van der Waals surface area contributed by atoms with Gasteiger partial charge in [-0.2, -0.15) is 0 Å². The van der Waals surface area contributed by atoms with Crippen LogP contribution >= 0.6 is 0 Å². The Morgan fingerprint density at radius 2 is 1.77 bits per heavy atom. The van der Waals surface area contributed by atoms with Crippen molar-refractivity contribution in [3.05, 3.63) is 98.3 Å². The molecule has 1 fully saturated rings. The van der Waals surface area contributed by atoms with Crippen molar-refractivity contribution in [2.45, 2.75) is 31.8 Å². The maximum atomic E-state index is 14.3. The second kappa shape index (κ2) is 10.5. The van der Waals surface area contributed by atoms with Crippen LogP contribution in [0.1, 0.15) is 36.4 Å². The topological polar surface area (TPSA) is 110 Å². The van der Waals surface area contributed by atoms with Gasteiger partial charge in [0.1, 0.15) is 5.82 Å². The number of rotatable bonds is 11. The minimum absolute atomic E-state index is 0.0261. The van der Waals surface area contributed by atoms with E-state index in [0.717, 1.165) is 12.8 Å². The van der Waals surface area contributed by atoms with E-state index < -0.39 is 38.9 Å². The van der Waals surface area contributed by atoms with E-state index in [1.807, 2.05) is 0 Å². The first-order valence-corrected chi connectivity index (χ1v) is 12.8. The Balaban J connectivity index is 1.53. The molecule has 1 saturated carbocycles. The van der Waals surface area contributed by atoms with Crippen molar-refractivity contribution in [3.8, 4) is 5.75 Å². The van der Waals surface area contributed by atoms with Crippen molar-refractivity contribution in [1.29, 1.82) is 0 Å². The van der Waals surface area contributed by atoms with Crippen LogP contribution in [0.2, 0.25) is 0 Å². The molecule has 2 aromatic carbocycles. The lowest BCUT2D eigenvalue weighted by Gasteiger charge is -2.21. The predicted octanol–water partition coefficient (Wildman–Crippen LogP) is 2.70. The van der Waals surface area contributed by atoms with Gasteiger partial charge in [-0.3, -0.25) is 9.78 Å². The molecule has 4 rings (SSSR count). The van der Waals surface area contributed by atoms with Gasteiger partial charge in [0.05, 0.1) is 18.4 Å². The highest BCUT2D eigenvalue weighted by Crippen LogP contribution is 2.32. The van der Waals surface area contributed by atoms with Crippen molar-refractivity contribution < 1.29 is 21.9 Å². The van der Waals surface area contributed by atoms with Crippen LogP contribution in [-0.2, 0) is 16.6 Å². The van der Waals surface area contributed by atoms with Gasteiger partial charge in [-0.05, 0) is 60.6 Å². The van der Waals surface area contributed by atoms with Crippen molar-refractivity contribution in [3.63, 3.8) is 0 Å². The summed E-state index contributed by atoms with van der Waals surface area (Å²) in [6.45, 7) is 0.463. The normalized spacial score (nSPS) is 14.6. The van der Waals surface area contributed by atoms with Crippen LogP contribution in [0, 0.1) is 17.6 Å². The molecule has 0 spiro atoms. The highest BCUT2D eigenvalue weighted by atomic mass is 32.2. The molecule has 1 aliphatic rings. The number of hydrogen-bond acceptors (Lipinski definition) is 5. The van der Waals surface area contributed by atoms with E-state index in [1.54, 1.807) is 0 Å². The molecule has 35 heavy (non-hydrogen) atoms. The van der Waals surface area contributed by atoms with E-state index >= 15 is 0 Å². The minimum Gasteiger partial charge on any atom is -0.490 e. The summed E-state index contributed by atoms with van der Waals surface area (Å²) in [6, 6.07) is 9.72. The molecule has 1 atom stereocenters. The molecule has 0 amide bonds. The average Bonchev–Trinajstić information content (AvgIpc) is 3.64. The Labute approximate surface area is 200 Å². The number of benzene rings is 2. The summed E-state index contributed by atoms with van der Waals surface area (Å²) in [5.41, 5.74) is -0.268. The first-order chi connectivity index (χ1) is 16.7. The van der Waals surface area contributed by atoms with Crippen LogP contribution in [0.25, 0.3) is 0 Å². The zero-order valence-electron chi connectivity index (χ0n) is 18.7. The van der Waals surface area contributed by atoms with Crippen LogP contribution in [0.3, 0.4) is 0 Å². The third-order valence-corrected chi connectivity index (χ3v) is 7.09. The van der Waals surface area contributed by atoms with Gasteiger partial charge in [-0.25, -0.2) is 26.7 Å². The number of sulfonamides is 1. The lowest BCUT2D eigenvalue weighted by Crippen LogP contribution is -2.33. The summed E-state index contributed by atoms with van der Waals surface area (Å²) in [4.78, 5) is 25.1. The number of aryl methyl sites for hydroxylation is 1. The van der Waals surface area contributed by atoms with Crippen molar-refractivity contribution in [2.24, 2.45) is 5.92 Å². The lowest BCUT2D eigenvalue weighted by molar-refractivity contribution is 0.285. The Bertz CT molecular complexity index is 1400. The van der Waals surface area contributed by atoms with Gasteiger partial charge in [0.2, 0.25) is 10.0 Å². The van der Waals surface area contributed by atoms with Crippen LogP contribution in [0.4, 0.5) is 8.78 Å². The number of nitrogens with zero attached hydrogens (tertiary/aromatic N) is 1. The van der Waals surface area contributed by atoms with Gasteiger partial charge in [0.25, 0.3) is 5.56 Å². The number of aromatic amines is 1. The first kappa shape index (κ1) is 24.8. The third kappa shape index (κ3) is 6.86. The van der Waals surface area contributed by atoms with Gasteiger partial charge in [0, 0.05) is 18.8 Å². The average molecular weight is 506 g/mol. The number of aromatic nitrogens is 2. The fourth-order valence-electron chi connectivity index (χ4n) is 3.57. The smallest absolute Gasteiger partial charge is 0.328 e. The lowest BCUT2D eigenvalue weighted by atomic mass is 9.99. The van der Waals surface area contributed by atoms with E-state index in [4.69, 9.17) is 4.74 Å². The standard InChI is InChI=1S/C24H25F2N3O5S/c25-19-7-4-17(5-8-19)23(18-6-9-20(26)21(14-18)34-15-16-2-3-16)28-35(32,33)13-1-11-29-12-10-22(30)27-24(29)31/h4-10,12,14,16,23,28H,1-3,11,13,15H2,(H,27,30,31).